The minimum Gasteiger partial charge on any atom is -0.331 e. The highest BCUT2D eigenvalue weighted by Gasteiger charge is 1.99. The zero-order valence-corrected chi connectivity index (χ0v) is 8.79. The van der Waals surface area contributed by atoms with Gasteiger partial charge in [0.15, 0.2) is 0 Å². The fourth-order valence-electron chi connectivity index (χ4n) is 1.27. The highest BCUT2D eigenvalue weighted by molar-refractivity contribution is 7.07. The van der Waals surface area contributed by atoms with Gasteiger partial charge in [-0.25, -0.2) is 9.97 Å². The molecule has 5 heteroatoms. The van der Waals surface area contributed by atoms with Gasteiger partial charge in [0.1, 0.15) is 0 Å². The Morgan fingerprint density at radius 1 is 1.43 bits per heavy atom. The SMILES string of the molecule is CNCc1cn(Cc2cscn2)cn1. The molecule has 2 rings (SSSR count). The van der Waals surface area contributed by atoms with Crippen molar-refractivity contribution in [3.05, 3.63) is 34.8 Å². The van der Waals surface area contributed by atoms with Gasteiger partial charge in [-0.05, 0) is 7.05 Å². The summed E-state index contributed by atoms with van der Waals surface area (Å²) in [7, 11) is 1.92. The first-order chi connectivity index (χ1) is 6.88. The van der Waals surface area contributed by atoms with E-state index in [2.05, 4.69) is 20.7 Å². The lowest BCUT2D eigenvalue weighted by Crippen LogP contribution is -2.05. The third-order valence-corrected chi connectivity index (χ3v) is 2.51. The topological polar surface area (TPSA) is 42.7 Å². The number of nitrogens with zero attached hydrogens (tertiary/aromatic N) is 3. The van der Waals surface area contributed by atoms with Gasteiger partial charge >= 0.3 is 0 Å². The largest absolute Gasteiger partial charge is 0.331 e. The molecule has 2 aromatic rings. The third kappa shape index (κ3) is 2.18. The lowest BCUT2D eigenvalue weighted by Gasteiger charge is -1.96. The summed E-state index contributed by atoms with van der Waals surface area (Å²) in [6.07, 6.45) is 3.88. The van der Waals surface area contributed by atoms with Crippen LogP contribution in [0.2, 0.25) is 0 Å². The van der Waals surface area contributed by atoms with Crippen molar-refractivity contribution in [1.82, 2.24) is 19.9 Å². The molecule has 0 aliphatic heterocycles. The first kappa shape index (κ1) is 9.36. The molecule has 0 bridgehead atoms. The van der Waals surface area contributed by atoms with Crippen LogP contribution in [0.1, 0.15) is 11.4 Å². The molecule has 0 unspecified atom stereocenters. The van der Waals surface area contributed by atoms with E-state index >= 15 is 0 Å². The normalized spacial score (nSPS) is 10.6. The van der Waals surface area contributed by atoms with Crippen molar-refractivity contribution in [2.24, 2.45) is 0 Å². The Morgan fingerprint density at radius 2 is 2.36 bits per heavy atom. The summed E-state index contributed by atoms with van der Waals surface area (Å²) in [5, 5.41) is 5.12. The minimum atomic E-state index is 0.806. The van der Waals surface area contributed by atoms with E-state index < -0.39 is 0 Å². The predicted molar refractivity (Wildman–Crippen MR) is 56.2 cm³/mol. The zero-order valence-electron chi connectivity index (χ0n) is 7.97. The van der Waals surface area contributed by atoms with Gasteiger partial charge in [0.25, 0.3) is 0 Å². The van der Waals surface area contributed by atoms with Crippen LogP contribution >= 0.6 is 11.3 Å². The van der Waals surface area contributed by atoms with Gasteiger partial charge in [0, 0.05) is 18.1 Å². The number of aromatic nitrogens is 3. The smallest absolute Gasteiger partial charge is 0.0953 e. The van der Waals surface area contributed by atoms with E-state index in [-0.39, 0.29) is 0 Å². The van der Waals surface area contributed by atoms with Crippen molar-refractivity contribution >= 4 is 11.3 Å². The number of imidazole rings is 1. The molecule has 0 aliphatic rings. The summed E-state index contributed by atoms with van der Waals surface area (Å²) in [6.45, 7) is 1.62. The highest BCUT2D eigenvalue weighted by Crippen LogP contribution is 2.04. The standard InChI is InChI=1S/C9H12N4S/c1-10-2-8-3-13(6-11-8)4-9-5-14-7-12-9/h3,5-7,10H,2,4H2,1H3. The van der Waals surface area contributed by atoms with Gasteiger partial charge in [-0.15, -0.1) is 11.3 Å². The van der Waals surface area contributed by atoms with Crippen molar-refractivity contribution in [1.29, 1.82) is 0 Å². The van der Waals surface area contributed by atoms with Crippen LogP contribution in [0.5, 0.6) is 0 Å². The lowest BCUT2D eigenvalue weighted by atomic mass is 10.4. The average Bonchev–Trinajstić information content (AvgIpc) is 2.79. The molecule has 0 aromatic carbocycles. The molecule has 0 amide bonds. The van der Waals surface area contributed by atoms with Crippen LogP contribution in [0.15, 0.2) is 23.4 Å². The van der Waals surface area contributed by atoms with Crippen LogP contribution in [-0.2, 0) is 13.1 Å². The molecular weight excluding hydrogens is 196 g/mol. The molecule has 74 valence electrons. The Balaban J connectivity index is 2.03. The Morgan fingerprint density at radius 3 is 3.07 bits per heavy atom. The van der Waals surface area contributed by atoms with Crippen molar-refractivity contribution in [2.75, 3.05) is 7.05 Å². The van der Waals surface area contributed by atoms with Crippen LogP contribution < -0.4 is 5.32 Å². The molecule has 0 radical (unpaired) electrons. The number of nitrogens with one attached hydrogen (secondary N) is 1. The summed E-state index contributed by atoms with van der Waals surface area (Å²) in [5.41, 5.74) is 3.99. The second-order valence-corrected chi connectivity index (χ2v) is 3.77. The Hall–Kier alpha value is -1.20. The van der Waals surface area contributed by atoms with Crippen LogP contribution in [0.4, 0.5) is 0 Å². The molecule has 0 atom stereocenters. The molecule has 0 fully saturated rings. The second kappa shape index (κ2) is 4.34. The number of thiazole rings is 1. The molecule has 0 aliphatic carbocycles. The highest BCUT2D eigenvalue weighted by atomic mass is 32.1. The summed E-state index contributed by atoms with van der Waals surface area (Å²) < 4.78 is 2.04. The Bertz CT molecular complexity index is 379. The minimum absolute atomic E-state index is 0.806. The fraction of sp³-hybridized carbons (Fsp3) is 0.333. The van der Waals surface area contributed by atoms with Crippen LogP contribution in [0, 0.1) is 0 Å². The van der Waals surface area contributed by atoms with Crippen molar-refractivity contribution in [3.8, 4) is 0 Å². The maximum Gasteiger partial charge on any atom is 0.0953 e. The van der Waals surface area contributed by atoms with Crippen molar-refractivity contribution in [3.63, 3.8) is 0 Å². The monoisotopic (exact) mass is 208 g/mol. The van der Waals surface area contributed by atoms with E-state index in [1.165, 1.54) is 0 Å². The Kier molecular flexibility index (Phi) is 2.90. The zero-order chi connectivity index (χ0) is 9.80. The van der Waals surface area contributed by atoms with E-state index in [4.69, 9.17) is 0 Å². The molecule has 4 nitrogen and oxygen atoms in total. The number of hydrogen-bond donors (Lipinski definition) is 1. The van der Waals surface area contributed by atoms with E-state index in [0.29, 0.717) is 0 Å². The first-order valence-corrected chi connectivity index (χ1v) is 5.35. The molecule has 0 spiro atoms. The van der Waals surface area contributed by atoms with E-state index in [0.717, 1.165) is 24.5 Å². The van der Waals surface area contributed by atoms with Gasteiger partial charge in [0.2, 0.25) is 0 Å². The molecule has 0 saturated carbocycles. The van der Waals surface area contributed by atoms with Gasteiger partial charge in [-0.3, -0.25) is 0 Å². The molecular formula is C9H12N4S. The van der Waals surface area contributed by atoms with Crippen molar-refractivity contribution in [2.45, 2.75) is 13.1 Å². The van der Waals surface area contributed by atoms with E-state index in [1.807, 2.05) is 29.6 Å². The van der Waals surface area contributed by atoms with Gasteiger partial charge < -0.3 is 9.88 Å². The molecule has 2 heterocycles. The summed E-state index contributed by atoms with van der Waals surface area (Å²) in [6, 6.07) is 0. The van der Waals surface area contributed by atoms with E-state index in [9.17, 15) is 0 Å². The predicted octanol–water partition coefficient (Wildman–Crippen LogP) is 1.11. The first-order valence-electron chi connectivity index (χ1n) is 4.41. The van der Waals surface area contributed by atoms with E-state index in [1.54, 1.807) is 11.3 Å². The molecule has 14 heavy (non-hydrogen) atoms. The third-order valence-electron chi connectivity index (χ3n) is 1.87. The number of rotatable bonds is 4. The van der Waals surface area contributed by atoms with Gasteiger partial charge in [-0.1, -0.05) is 0 Å². The summed E-state index contributed by atoms with van der Waals surface area (Å²) in [4.78, 5) is 8.48. The quantitative estimate of drug-likeness (QED) is 0.818. The Labute approximate surface area is 86.6 Å². The molecule has 1 N–H and O–H groups in total. The second-order valence-electron chi connectivity index (χ2n) is 3.05. The van der Waals surface area contributed by atoms with Crippen LogP contribution in [0.25, 0.3) is 0 Å². The van der Waals surface area contributed by atoms with Gasteiger partial charge in [-0.2, -0.15) is 0 Å². The summed E-state index contributed by atoms with van der Waals surface area (Å²) in [5.74, 6) is 0. The fourth-order valence-corrected chi connectivity index (χ4v) is 1.82. The summed E-state index contributed by atoms with van der Waals surface area (Å²) >= 11 is 1.62. The average molecular weight is 208 g/mol. The maximum atomic E-state index is 4.26. The lowest BCUT2D eigenvalue weighted by molar-refractivity contribution is 0.770. The molecule has 2 aromatic heterocycles. The molecule has 0 saturated heterocycles. The maximum absolute atomic E-state index is 4.26. The van der Waals surface area contributed by atoms with Crippen LogP contribution in [-0.4, -0.2) is 21.6 Å². The van der Waals surface area contributed by atoms with Gasteiger partial charge in [0.05, 0.1) is 29.8 Å². The van der Waals surface area contributed by atoms with Crippen molar-refractivity contribution < 1.29 is 0 Å². The van der Waals surface area contributed by atoms with Crippen LogP contribution in [0.3, 0.4) is 0 Å². The number of hydrogen-bond acceptors (Lipinski definition) is 4.